The van der Waals surface area contributed by atoms with Gasteiger partial charge in [0.05, 0.1) is 6.54 Å². The van der Waals surface area contributed by atoms with Gasteiger partial charge in [-0.2, -0.15) is 17.7 Å². The number of nitrogens with two attached hydrogens (primary N) is 1. The van der Waals surface area contributed by atoms with Crippen molar-refractivity contribution in [1.29, 1.82) is 0 Å². The highest BCUT2D eigenvalue weighted by Crippen LogP contribution is 2.15. The van der Waals surface area contributed by atoms with Crippen LogP contribution in [-0.4, -0.2) is 60.0 Å². The fourth-order valence-electron chi connectivity index (χ4n) is 2.44. The SMILES string of the molecule is NS(=O)(=O)N1CCN(C(=O)NCc2noc(-c3ccccc3)n2)CC1. The molecule has 0 aliphatic carbocycles. The molecule has 10 nitrogen and oxygen atoms in total. The summed E-state index contributed by atoms with van der Waals surface area (Å²) in [6, 6.07) is 8.99. The highest BCUT2D eigenvalue weighted by Gasteiger charge is 2.26. The molecule has 0 spiro atoms. The summed E-state index contributed by atoms with van der Waals surface area (Å²) >= 11 is 0. The van der Waals surface area contributed by atoms with Gasteiger partial charge in [0.1, 0.15) is 0 Å². The van der Waals surface area contributed by atoms with Crippen LogP contribution in [0.25, 0.3) is 11.5 Å². The predicted molar refractivity (Wildman–Crippen MR) is 88.2 cm³/mol. The van der Waals surface area contributed by atoms with Crippen molar-refractivity contribution in [2.24, 2.45) is 5.14 Å². The van der Waals surface area contributed by atoms with Crippen molar-refractivity contribution in [1.82, 2.24) is 24.7 Å². The monoisotopic (exact) mass is 366 g/mol. The lowest BCUT2D eigenvalue weighted by atomic mass is 10.2. The van der Waals surface area contributed by atoms with Crippen LogP contribution in [0.2, 0.25) is 0 Å². The van der Waals surface area contributed by atoms with E-state index < -0.39 is 10.2 Å². The Morgan fingerprint density at radius 3 is 2.52 bits per heavy atom. The minimum atomic E-state index is -3.71. The Balaban J connectivity index is 1.51. The number of nitrogens with one attached hydrogen (secondary N) is 1. The first-order chi connectivity index (χ1) is 11.9. The first kappa shape index (κ1) is 17.3. The van der Waals surface area contributed by atoms with Crippen molar-refractivity contribution in [3.05, 3.63) is 36.2 Å². The lowest BCUT2D eigenvalue weighted by molar-refractivity contribution is 0.171. The highest BCUT2D eigenvalue weighted by molar-refractivity contribution is 7.86. The van der Waals surface area contributed by atoms with E-state index in [4.69, 9.17) is 9.66 Å². The van der Waals surface area contributed by atoms with Crippen LogP contribution in [0.1, 0.15) is 5.82 Å². The highest BCUT2D eigenvalue weighted by atomic mass is 32.2. The number of rotatable bonds is 4. The number of carbonyl (C=O) groups is 1. The largest absolute Gasteiger partial charge is 0.334 e. The van der Waals surface area contributed by atoms with Crippen molar-refractivity contribution >= 4 is 16.2 Å². The molecule has 1 aromatic heterocycles. The summed E-state index contributed by atoms with van der Waals surface area (Å²) in [7, 11) is -3.71. The third-order valence-electron chi connectivity index (χ3n) is 3.77. The zero-order chi connectivity index (χ0) is 17.9. The fraction of sp³-hybridized carbons (Fsp3) is 0.357. The smallest absolute Gasteiger partial charge is 0.317 e. The zero-order valence-electron chi connectivity index (χ0n) is 13.3. The van der Waals surface area contributed by atoms with E-state index in [0.717, 1.165) is 9.87 Å². The van der Waals surface area contributed by atoms with Crippen molar-refractivity contribution in [2.75, 3.05) is 26.2 Å². The number of hydrogen-bond acceptors (Lipinski definition) is 6. The molecule has 1 saturated heterocycles. The number of carbonyl (C=O) groups excluding carboxylic acids is 1. The fourth-order valence-corrected chi connectivity index (χ4v) is 3.11. The molecular weight excluding hydrogens is 348 g/mol. The minimum absolute atomic E-state index is 0.116. The summed E-state index contributed by atoms with van der Waals surface area (Å²) in [5.74, 6) is 0.738. The van der Waals surface area contributed by atoms with Crippen molar-refractivity contribution in [3.63, 3.8) is 0 Å². The van der Waals surface area contributed by atoms with E-state index in [1.54, 1.807) is 0 Å². The number of hydrogen-bond donors (Lipinski definition) is 2. The third kappa shape index (κ3) is 4.32. The summed E-state index contributed by atoms with van der Waals surface area (Å²) in [5.41, 5.74) is 0.798. The number of aromatic nitrogens is 2. The molecule has 2 aromatic rings. The Labute approximate surface area is 144 Å². The van der Waals surface area contributed by atoms with Crippen LogP contribution in [0.5, 0.6) is 0 Å². The molecule has 1 aliphatic rings. The molecular formula is C14H18N6O4S. The van der Waals surface area contributed by atoms with E-state index in [0.29, 0.717) is 11.7 Å². The average molecular weight is 366 g/mol. The lowest BCUT2D eigenvalue weighted by Crippen LogP contribution is -2.54. The summed E-state index contributed by atoms with van der Waals surface area (Å²) in [6.45, 7) is 0.997. The molecule has 1 aromatic carbocycles. The Morgan fingerprint density at radius 2 is 1.88 bits per heavy atom. The number of urea groups is 1. The maximum atomic E-state index is 12.1. The van der Waals surface area contributed by atoms with Gasteiger partial charge in [0.25, 0.3) is 16.1 Å². The Morgan fingerprint density at radius 1 is 1.20 bits per heavy atom. The molecule has 3 rings (SSSR count). The molecule has 0 unspecified atom stereocenters. The Bertz CT molecular complexity index is 830. The van der Waals surface area contributed by atoms with E-state index in [1.807, 2.05) is 30.3 Å². The first-order valence-corrected chi connectivity index (χ1v) is 9.12. The van der Waals surface area contributed by atoms with Gasteiger partial charge < -0.3 is 14.7 Å². The van der Waals surface area contributed by atoms with Crippen molar-refractivity contribution < 1.29 is 17.7 Å². The number of piperazine rings is 1. The molecule has 134 valence electrons. The molecule has 2 heterocycles. The van der Waals surface area contributed by atoms with E-state index >= 15 is 0 Å². The van der Waals surface area contributed by atoms with E-state index in [-0.39, 0.29) is 38.8 Å². The maximum absolute atomic E-state index is 12.1. The predicted octanol–water partition coefficient (Wildman–Crippen LogP) is -0.233. The summed E-state index contributed by atoms with van der Waals surface area (Å²) in [5, 5.41) is 11.6. The van der Waals surface area contributed by atoms with Crippen LogP contribution < -0.4 is 10.5 Å². The quantitative estimate of drug-likeness (QED) is 0.767. The van der Waals surface area contributed by atoms with Crippen LogP contribution in [0.3, 0.4) is 0 Å². The molecule has 11 heteroatoms. The summed E-state index contributed by atoms with van der Waals surface area (Å²) in [4.78, 5) is 17.9. The second-order valence-electron chi connectivity index (χ2n) is 5.47. The molecule has 0 saturated carbocycles. The molecule has 1 aliphatic heterocycles. The van der Waals surface area contributed by atoms with Crippen LogP contribution >= 0.6 is 0 Å². The average Bonchev–Trinajstić information content (AvgIpc) is 3.09. The summed E-state index contributed by atoms with van der Waals surface area (Å²) in [6.07, 6.45) is 0. The van der Waals surface area contributed by atoms with Gasteiger partial charge in [0.15, 0.2) is 5.82 Å². The molecule has 2 amide bonds. The second-order valence-corrected chi connectivity index (χ2v) is 7.02. The number of amides is 2. The first-order valence-electron chi connectivity index (χ1n) is 7.62. The van der Waals surface area contributed by atoms with Gasteiger partial charge in [-0.25, -0.2) is 9.93 Å². The van der Waals surface area contributed by atoms with Crippen LogP contribution in [0.15, 0.2) is 34.9 Å². The Hall–Kier alpha value is -2.50. The Kier molecular flexibility index (Phi) is 4.97. The topological polar surface area (TPSA) is 135 Å². The number of nitrogens with zero attached hydrogens (tertiary/aromatic N) is 4. The van der Waals surface area contributed by atoms with Crippen molar-refractivity contribution in [3.8, 4) is 11.5 Å². The summed E-state index contributed by atoms with van der Waals surface area (Å²) < 4.78 is 28.8. The molecule has 3 N–H and O–H groups in total. The molecule has 1 fully saturated rings. The molecule has 0 atom stereocenters. The zero-order valence-corrected chi connectivity index (χ0v) is 14.1. The van der Waals surface area contributed by atoms with Gasteiger partial charge >= 0.3 is 6.03 Å². The second kappa shape index (κ2) is 7.17. The normalized spacial score (nSPS) is 16.0. The van der Waals surface area contributed by atoms with Gasteiger partial charge in [0, 0.05) is 31.7 Å². The van der Waals surface area contributed by atoms with Gasteiger partial charge in [-0.05, 0) is 12.1 Å². The lowest BCUT2D eigenvalue weighted by Gasteiger charge is -2.32. The molecule has 0 bridgehead atoms. The molecule has 0 radical (unpaired) electrons. The van der Waals surface area contributed by atoms with Gasteiger partial charge in [-0.15, -0.1) is 0 Å². The van der Waals surface area contributed by atoms with E-state index in [2.05, 4.69) is 15.5 Å². The van der Waals surface area contributed by atoms with Gasteiger partial charge in [-0.3, -0.25) is 0 Å². The van der Waals surface area contributed by atoms with Crippen LogP contribution in [0.4, 0.5) is 4.79 Å². The standard InChI is InChI=1S/C14H18N6O4S/c15-25(22,23)20-8-6-19(7-9-20)14(21)16-10-12-17-13(24-18-12)11-4-2-1-3-5-11/h1-5H,6-10H2,(H,16,21)(H2,15,22,23). The van der Waals surface area contributed by atoms with E-state index in [1.165, 1.54) is 4.90 Å². The van der Waals surface area contributed by atoms with Gasteiger partial charge in [-0.1, -0.05) is 23.4 Å². The maximum Gasteiger partial charge on any atom is 0.317 e. The van der Waals surface area contributed by atoms with Crippen molar-refractivity contribution in [2.45, 2.75) is 6.54 Å². The van der Waals surface area contributed by atoms with Gasteiger partial charge in [0.2, 0.25) is 0 Å². The van der Waals surface area contributed by atoms with E-state index in [9.17, 15) is 13.2 Å². The third-order valence-corrected chi connectivity index (χ3v) is 4.86. The van der Waals surface area contributed by atoms with Crippen LogP contribution in [0, 0.1) is 0 Å². The number of benzene rings is 1. The molecule has 25 heavy (non-hydrogen) atoms. The minimum Gasteiger partial charge on any atom is -0.334 e. The van der Waals surface area contributed by atoms with Crippen LogP contribution in [-0.2, 0) is 16.8 Å².